The minimum Gasteiger partial charge on any atom is -0.481 e. The highest BCUT2D eigenvalue weighted by Crippen LogP contribution is 2.27. The van der Waals surface area contributed by atoms with Gasteiger partial charge in [0.15, 0.2) is 6.10 Å². The van der Waals surface area contributed by atoms with Crippen LogP contribution in [0.25, 0.3) is 0 Å². The van der Waals surface area contributed by atoms with E-state index in [1.54, 1.807) is 6.92 Å². The van der Waals surface area contributed by atoms with Crippen LogP contribution in [0.3, 0.4) is 0 Å². The van der Waals surface area contributed by atoms with Crippen LogP contribution in [-0.4, -0.2) is 25.1 Å². The third-order valence-corrected chi connectivity index (χ3v) is 3.73. The van der Waals surface area contributed by atoms with Crippen LogP contribution in [0.1, 0.15) is 52.1 Å². The van der Waals surface area contributed by atoms with Crippen LogP contribution in [0.15, 0.2) is 24.3 Å². The van der Waals surface area contributed by atoms with Gasteiger partial charge in [0.25, 0.3) is 5.91 Å². The number of carbonyl (C=O) groups is 1. The lowest BCUT2D eigenvalue weighted by atomic mass is 10.0. The Hall–Kier alpha value is -1.55. The van der Waals surface area contributed by atoms with Gasteiger partial charge < -0.3 is 15.4 Å². The standard InChI is InChI=1S/C17H28N2O2/c1-6-12(3)19-17(20)13(4)21-16-11-9-8-10-14(16)15(7-2)18-5/h8-13,15,18H,6-7H2,1-5H3,(H,19,20). The van der Waals surface area contributed by atoms with Crippen molar-refractivity contribution in [1.29, 1.82) is 0 Å². The normalized spacial score (nSPS) is 15.1. The van der Waals surface area contributed by atoms with Crippen LogP contribution < -0.4 is 15.4 Å². The molecular formula is C17H28N2O2. The van der Waals surface area contributed by atoms with Crippen LogP contribution in [0.2, 0.25) is 0 Å². The molecule has 0 heterocycles. The second-order valence-corrected chi connectivity index (χ2v) is 5.37. The van der Waals surface area contributed by atoms with Crippen molar-refractivity contribution in [2.45, 2.75) is 58.7 Å². The van der Waals surface area contributed by atoms with Crippen molar-refractivity contribution < 1.29 is 9.53 Å². The molecule has 21 heavy (non-hydrogen) atoms. The summed E-state index contributed by atoms with van der Waals surface area (Å²) in [6.45, 7) is 7.95. The minimum absolute atomic E-state index is 0.0725. The van der Waals surface area contributed by atoms with E-state index in [2.05, 4.69) is 17.6 Å². The molecule has 1 aromatic carbocycles. The van der Waals surface area contributed by atoms with Gasteiger partial charge in [0, 0.05) is 17.6 Å². The Morgan fingerprint density at radius 3 is 2.43 bits per heavy atom. The van der Waals surface area contributed by atoms with Crippen LogP contribution in [0.4, 0.5) is 0 Å². The molecule has 0 fully saturated rings. The summed E-state index contributed by atoms with van der Waals surface area (Å²) in [5.74, 6) is 0.696. The number of rotatable bonds is 8. The summed E-state index contributed by atoms with van der Waals surface area (Å²) in [6.07, 6.45) is 1.37. The highest BCUT2D eigenvalue weighted by atomic mass is 16.5. The first kappa shape index (κ1) is 17.5. The first-order valence-electron chi connectivity index (χ1n) is 7.76. The van der Waals surface area contributed by atoms with E-state index in [0.717, 1.165) is 24.2 Å². The topological polar surface area (TPSA) is 50.4 Å². The summed E-state index contributed by atoms with van der Waals surface area (Å²) in [5.41, 5.74) is 1.09. The summed E-state index contributed by atoms with van der Waals surface area (Å²) >= 11 is 0. The quantitative estimate of drug-likeness (QED) is 0.774. The van der Waals surface area contributed by atoms with Crippen molar-refractivity contribution in [3.05, 3.63) is 29.8 Å². The lowest BCUT2D eigenvalue weighted by Gasteiger charge is -2.22. The Bertz CT molecular complexity index is 444. The molecule has 0 aliphatic rings. The van der Waals surface area contributed by atoms with E-state index in [-0.39, 0.29) is 18.0 Å². The largest absolute Gasteiger partial charge is 0.481 e. The monoisotopic (exact) mass is 292 g/mol. The molecule has 0 aliphatic carbocycles. The molecule has 0 saturated heterocycles. The third-order valence-electron chi connectivity index (χ3n) is 3.73. The Morgan fingerprint density at radius 1 is 1.19 bits per heavy atom. The molecule has 1 aromatic rings. The van der Waals surface area contributed by atoms with Gasteiger partial charge in [-0.25, -0.2) is 0 Å². The fraction of sp³-hybridized carbons (Fsp3) is 0.588. The molecule has 0 saturated carbocycles. The van der Waals surface area contributed by atoms with E-state index in [1.165, 1.54) is 0 Å². The molecule has 2 N–H and O–H groups in total. The number of benzene rings is 1. The molecule has 118 valence electrons. The predicted molar refractivity (Wildman–Crippen MR) is 86.5 cm³/mol. The second-order valence-electron chi connectivity index (χ2n) is 5.37. The zero-order valence-electron chi connectivity index (χ0n) is 13.8. The maximum Gasteiger partial charge on any atom is 0.260 e. The number of ether oxygens (including phenoxy) is 1. The van der Waals surface area contributed by atoms with E-state index in [0.29, 0.717) is 0 Å². The van der Waals surface area contributed by atoms with E-state index in [1.807, 2.05) is 45.2 Å². The highest BCUT2D eigenvalue weighted by molar-refractivity contribution is 5.81. The Morgan fingerprint density at radius 2 is 1.86 bits per heavy atom. The predicted octanol–water partition coefficient (Wildman–Crippen LogP) is 3.04. The summed E-state index contributed by atoms with van der Waals surface area (Å²) < 4.78 is 5.89. The summed E-state index contributed by atoms with van der Waals surface area (Å²) in [5, 5.41) is 6.22. The van der Waals surface area contributed by atoms with Crippen molar-refractivity contribution in [1.82, 2.24) is 10.6 Å². The molecule has 0 aliphatic heterocycles. The smallest absolute Gasteiger partial charge is 0.260 e. The molecule has 0 bridgehead atoms. The summed E-state index contributed by atoms with van der Waals surface area (Å²) in [4.78, 5) is 12.1. The Balaban J connectivity index is 2.80. The second kappa shape index (κ2) is 8.67. The van der Waals surface area contributed by atoms with E-state index >= 15 is 0 Å². The molecule has 4 heteroatoms. The first-order valence-corrected chi connectivity index (χ1v) is 7.76. The van der Waals surface area contributed by atoms with Crippen molar-refractivity contribution in [2.75, 3.05) is 7.05 Å². The van der Waals surface area contributed by atoms with E-state index in [4.69, 9.17) is 4.74 Å². The molecule has 0 radical (unpaired) electrons. The van der Waals surface area contributed by atoms with Crippen LogP contribution in [0, 0.1) is 0 Å². The third kappa shape index (κ3) is 5.05. The fourth-order valence-corrected chi connectivity index (χ4v) is 2.16. The first-order chi connectivity index (χ1) is 10.0. The van der Waals surface area contributed by atoms with Crippen molar-refractivity contribution >= 4 is 5.91 Å². The Kier molecular flexibility index (Phi) is 7.23. The zero-order chi connectivity index (χ0) is 15.8. The van der Waals surface area contributed by atoms with Gasteiger partial charge in [-0.15, -0.1) is 0 Å². The number of carbonyl (C=O) groups excluding carboxylic acids is 1. The zero-order valence-corrected chi connectivity index (χ0v) is 13.8. The lowest BCUT2D eigenvalue weighted by Crippen LogP contribution is -2.41. The van der Waals surface area contributed by atoms with Gasteiger partial charge in [-0.1, -0.05) is 32.0 Å². The van der Waals surface area contributed by atoms with Gasteiger partial charge in [0.2, 0.25) is 0 Å². The van der Waals surface area contributed by atoms with Gasteiger partial charge in [-0.3, -0.25) is 4.79 Å². The highest BCUT2D eigenvalue weighted by Gasteiger charge is 2.19. The molecule has 3 atom stereocenters. The van der Waals surface area contributed by atoms with Gasteiger partial charge in [-0.2, -0.15) is 0 Å². The van der Waals surface area contributed by atoms with Crippen molar-refractivity contribution in [2.24, 2.45) is 0 Å². The molecule has 0 spiro atoms. The average Bonchev–Trinajstić information content (AvgIpc) is 2.49. The van der Waals surface area contributed by atoms with E-state index < -0.39 is 6.10 Å². The number of hydrogen-bond acceptors (Lipinski definition) is 3. The Labute approximate surface area is 128 Å². The number of amides is 1. The van der Waals surface area contributed by atoms with Gasteiger partial charge in [0.05, 0.1) is 0 Å². The van der Waals surface area contributed by atoms with Gasteiger partial charge in [-0.05, 0) is 39.8 Å². The average molecular weight is 292 g/mol. The lowest BCUT2D eigenvalue weighted by molar-refractivity contribution is -0.127. The van der Waals surface area contributed by atoms with E-state index in [9.17, 15) is 4.79 Å². The molecular weight excluding hydrogens is 264 g/mol. The van der Waals surface area contributed by atoms with Crippen LogP contribution in [0.5, 0.6) is 5.75 Å². The molecule has 3 unspecified atom stereocenters. The minimum atomic E-state index is -0.505. The van der Waals surface area contributed by atoms with Gasteiger partial charge in [0.1, 0.15) is 5.75 Å². The number of para-hydroxylation sites is 1. The molecule has 1 amide bonds. The summed E-state index contributed by atoms with van der Waals surface area (Å²) in [7, 11) is 1.93. The fourth-order valence-electron chi connectivity index (χ4n) is 2.16. The van der Waals surface area contributed by atoms with Crippen molar-refractivity contribution in [3.63, 3.8) is 0 Å². The van der Waals surface area contributed by atoms with Crippen LogP contribution in [-0.2, 0) is 4.79 Å². The molecule has 0 aromatic heterocycles. The maximum atomic E-state index is 12.1. The SMILES string of the molecule is CCC(C)NC(=O)C(C)Oc1ccccc1C(CC)NC. The maximum absolute atomic E-state index is 12.1. The summed E-state index contributed by atoms with van der Waals surface area (Å²) in [6, 6.07) is 8.28. The van der Waals surface area contributed by atoms with Crippen molar-refractivity contribution in [3.8, 4) is 5.75 Å². The van der Waals surface area contributed by atoms with Gasteiger partial charge >= 0.3 is 0 Å². The van der Waals surface area contributed by atoms with Crippen LogP contribution >= 0.6 is 0 Å². The number of hydrogen-bond donors (Lipinski definition) is 2. The number of nitrogens with one attached hydrogen (secondary N) is 2. The molecule has 1 rings (SSSR count). The molecule has 4 nitrogen and oxygen atoms in total.